The molecule has 4 nitrogen and oxygen atoms in total. The van der Waals surface area contributed by atoms with Gasteiger partial charge < -0.3 is 9.88 Å². The van der Waals surface area contributed by atoms with Crippen molar-refractivity contribution in [3.05, 3.63) is 18.2 Å². The third-order valence-electron chi connectivity index (χ3n) is 7.25. The number of amidine groups is 1. The highest BCUT2D eigenvalue weighted by molar-refractivity contribution is 8.13. The molecular formula is C20H30N4S. The minimum absolute atomic E-state index is 0.299. The Morgan fingerprint density at radius 2 is 1.80 bits per heavy atom. The fourth-order valence-corrected chi connectivity index (χ4v) is 7.25. The van der Waals surface area contributed by atoms with Gasteiger partial charge in [-0.1, -0.05) is 11.8 Å². The fourth-order valence-electron chi connectivity index (χ4n) is 6.52. The number of aliphatic imine (C=N–C) groups is 1. The Balaban J connectivity index is 1.30. The summed E-state index contributed by atoms with van der Waals surface area (Å²) >= 11 is 1.88. The van der Waals surface area contributed by atoms with E-state index in [4.69, 9.17) is 4.99 Å². The standard InChI is InChI=1S/C20H30N4S/c1-25-19(24-4-2-17(3-5-24)18-12-21-13-22-18)23-20-9-14-6-15(10-20)8-16(7-14)11-20/h12-17H,2-11H2,1H3,(H,21,22). The highest BCUT2D eigenvalue weighted by atomic mass is 32.2. The van der Waals surface area contributed by atoms with Crippen LogP contribution in [0, 0.1) is 17.8 Å². The van der Waals surface area contributed by atoms with E-state index in [2.05, 4.69) is 21.1 Å². The molecule has 5 aliphatic rings. The van der Waals surface area contributed by atoms with Crippen LogP contribution in [0.3, 0.4) is 0 Å². The molecule has 4 saturated carbocycles. The number of aromatic nitrogens is 2. The quantitative estimate of drug-likeness (QED) is 0.634. The van der Waals surface area contributed by atoms with Crippen molar-refractivity contribution < 1.29 is 0 Å². The lowest BCUT2D eigenvalue weighted by molar-refractivity contribution is 0.00126. The van der Waals surface area contributed by atoms with E-state index in [-0.39, 0.29) is 0 Å². The Labute approximate surface area is 155 Å². The van der Waals surface area contributed by atoms with Crippen molar-refractivity contribution in [3.8, 4) is 0 Å². The van der Waals surface area contributed by atoms with E-state index in [0.717, 1.165) is 30.8 Å². The Morgan fingerprint density at radius 3 is 2.32 bits per heavy atom. The highest BCUT2D eigenvalue weighted by Gasteiger charge is 2.51. The predicted molar refractivity (Wildman–Crippen MR) is 104 cm³/mol. The number of aromatic amines is 1. The van der Waals surface area contributed by atoms with E-state index in [1.807, 2.05) is 24.3 Å². The second-order valence-corrected chi connectivity index (χ2v) is 9.78. The van der Waals surface area contributed by atoms with Crippen LogP contribution in [0.5, 0.6) is 0 Å². The molecule has 0 amide bonds. The summed E-state index contributed by atoms with van der Waals surface area (Å²) in [6.45, 7) is 2.27. The molecule has 0 spiro atoms. The summed E-state index contributed by atoms with van der Waals surface area (Å²) in [5, 5.41) is 1.32. The van der Waals surface area contributed by atoms with Gasteiger partial charge in [0.2, 0.25) is 0 Å². The first-order valence-corrected chi connectivity index (χ1v) is 11.3. The Hall–Kier alpha value is -0.970. The monoisotopic (exact) mass is 358 g/mol. The first-order valence-electron chi connectivity index (χ1n) is 10.1. The molecule has 136 valence electrons. The number of imidazole rings is 1. The normalized spacial score (nSPS) is 38.5. The average Bonchev–Trinajstić information content (AvgIpc) is 3.13. The summed E-state index contributed by atoms with van der Waals surface area (Å²) in [6.07, 6.45) is 17.1. The predicted octanol–water partition coefficient (Wildman–Crippen LogP) is 4.28. The van der Waals surface area contributed by atoms with Gasteiger partial charge in [0.1, 0.15) is 0 Å². The lowest BCUT2D eigenvalue weighted by Gasteiger charge is -2.55. The van der Waals surface area contributed by atoms with Gasteiger partial charge in [0.15, 0.2) is 5.17 Å². The van der Waals surface area contributed by atoms with Gasteiger partial charge in [0.05, 0.1) is 11.9 Å². The molecule has 1 aliphatic heterocycles. The van der Waals surface area contributed by atoms with Crippen molar-refractivity contribution in [3.63, 3.8) is 0 Å². The van der Waals surface area contributed by atoms with Crippen molar-refractivity contribution in [2.75, 3.05) is 19.3 Å². The molecule has 0 unspecified atom stereocenters. The van der Waals surface area contributed by atoms with E-state index < -0.39 is 0 Å². The van der Waals surface area contributed by atoms with Crippen LogP contribution in [0.15, 0.2) is 17.5 Å². The van der Waals surface area contributed by atoms with Crippen LogP contribution >= 0.6 is 11.8 Å². The highest BCUT2D eigenvalue weighted by Crippen LogP contribution is 2.57. The van der Waals surface area contributed by atoms with Crippen LogP contribution in [0.2, 0.25) is 0 Å². The minimum atomic E-state index is 0.299. The molecular weight excluding hydrogens is 328 g/mol. The largest absolute Gasteiger partial charge is 0.351 e. The molecule has 1 aromatic heterocycles. The Kier molecular flexibility index (Phi) is 4.11. The first-order chi connectivity index (χ1) is 12.2. The summed E-state index contributed by atoms with van der Waals surface area (Å²) in [6, 6.07) is 0. The molecule has 5 heteroatoms. The zero-order chi connectivity index (χ0) is 16.9. The molecule has 25 heavy (non-hydrogen) atoms. The lowest BCUT2D eigenvalue weighted by atomic mass is 9.53. The molecule has 6 rings (SSSR count). The van der Waals surface area contributed by atoms with Gasteiger partial charge >= 0.3 is 0 Å². The summed E-state index contributed by atoms with van der Waals surface area (Å²) in [5.41, 5.74) is 1.61. The summed E-state index contributed by atoms with van der Waals surface area (Å²) in [5.74, 6) is 3.57. The van der Waals surface area contributed by atoms with Gasteiger partial charge in [-0.15, -0.1) is 0 Å². The molecule has 5 fully saturated rings. The summed E-state index contributed by atoms with van der Waals surface area (Å²) in [4.78, 5) is 15.5. The second kappa shape index (κ2) is 6.33. The molecule has 0 radical (unpaired) electrons. The fraction of sp³-hybridized carbons (Fsp3) is 0.800. The number of hydrogen-bond acceptors (Lipinski definition) is 3. The van der Waals surface area contributed by atoms with Crippen molar-refractivity contribution >= 4 is 16.9 Å². The molecule has 1 saturated heterocycles. The van der Waals surface area contributed by atoms with Gasteiger partial charge in [0, 0.05) is 30.9 Å². The Morgan fingerprint density at radius 1 is 1.16 bits per heavy atom. The number of H-pyrrole nitrogens is 1. The van der Waals surface area contributed by atoms with E-state index in [0.29, 0.717) is 11.5 Å². The second-order valence-electron chi connectivity index (χ2n) is 9.01. The van der Waals surface area contributed by atoms with E-state index in [1.54, 1.807) is 0 Å². The van der Waals surface area contributed by atoms with Gasteiger partial charge in [0.25, 0.3) is 0 Å². The van der Waals surface area contributed by atoms with E-state index >= 15 is 0 Å². The minimum Gasteiger partial charge on any atom is -0.351 e. The molecule has 1 aromatic rings. The number of hydrogen-bond donors (Lipinski definition) is 1. The average molecular weight is 359 g/mol. The Bertz CT molecular complexity index is 595. The third-order valence-corrected chi connectivity index (χ3v) is 7.96. The van der Waals surface area contributed by atoms with Crippen molar-refractivity contribution in [1.29, 1.82) is 0 Å². The zero-order valence-electron chi connectivity index (χ0n) is 15.3. The van der Waals surface area contributed by atoms with Crippen molar-refractivity contribution in [2.24, 2.45) is 22.7 Å². The van der Waals surface area contributed by atoms with Crippen molar-refractivity contribution in [1.82, 2.24) is 14.9 Å². The summed E-state index contributed by atoms with van der Waals surface area (Å²) in [7, 11) is 0. The van der Waals surface area contributed by atoms with Crippen molar-refractivity contribution in [2.45, 2.75) is 62.8 Å². The van der Waals surface area contributed by atoms with Crippen LogP contribution in [0.1, 0.15) is 63.0 Å². The summed E-state index contributed by atoms with van der Waals surface area (Å²) < 4.78 is 0. The zero-order valence-corrected chi connectivity index (χ0v) is 16.1. The van der Waals surface area contributed by atoms with Gasteiger partial charge in [-0.3, -0.25) is 4.99 Å². The van der Waals surface area contributed by atoms with Crippen LogP contribution in [-0.2, 0) is 0 Å². The van der Waals surface area contributed by atoms with Crippen LogP contribution in [0.25, 0.3) is 0 Å². The van der Waals surface area contributed by atoms with E-state index in [1.165, 1.54) is 62.2 Å². The van der Waals surface area contributed by atoms with Crippen LogP contribution < -0.4 is 0 Å². The molecule has 4 aliphatic carbocycles. The molecule has 4 bridgehead atoms. The van der Waals surface area contributed by atoms with Crippen LogP contribution in [0.4, 0.5) is 0 Å². The van der Waals surface area contributed by atoms with Gasteiger partial charge in [-0.05, 0) is 75.4 Å². The van der Waals surface area contributed by atoms with Crippen LogP contribution in [-0.4, -0.2) is 44.9 Å². The topological polar surface area (TPSA) is 44.3 Å². The lowest BCUT2D eigenvalue weighted by Crippen LogP contribution is -2.50. The number of nitrogens with one attached hydrogen (secondary N) is 1. The molecule has 1 N–H and O–H groups in total. The number of thioether (sulfide) groups is 1. The third kappa shape index (κ3) is 3.02. The van der Waals surface area contributed by atoms with Gasteiger partial charge in [-0.25, -0.2) is 4.98 Å². The number of piperidine rings is 1. The number of nitrogens with zero attached hydrogens (tertiary/aromatic N) is 3. The smallest absolute Gasteiger partial charge is 0.159 e. The van der Waals surface area contributed by atoms with Gasteiger partial charge in [-0.2, -0.15) is 0 Å². The molecule has 0 atom stereocenters. The first kappa shape index (κ1) is 16.2. The SMILES string of the molecule is CSC(=NC12CC3CC(CC(C3)C1)C2)N1CCC(c2cnc[nH]2)CC1. The van der Waals surface area contributed by atoms with E-state index in [9.17, 15) is 0 Å². The number of rotatable bonds is 2. The maximum Gasteiger partial charge on any atom is 0.159 e. The maximum atomic E-state index is 5.48. The number of likely N-dealkylation sites (tertiary alicyclic amines) is 1. The molecule has 2 heterocycles. The molecule has 0 aromatic carbocycles. The maximum absolute atomic E-state index is 5.48.